The fourth-order valence-corrected chi connectivity index (χ4v) is 3.10. The predicted octanol–water partition coefficient (Wildman–Crippen LogP) is -5.52. The van der Waals surface area contributed by atoms with Crippen molar-refractivity contribution in [2.24, 2.45) is 17.2 Å². The number of hydrogen-bond donors (Lipinski definition) is 8. The smallest absolute Gasteiger partial charge is 0.243 e. The molecule has 0 bridgehead atoms. The van der Waals surface area contributed by atoms with Crippen molar-refractivity contribution < 1.29 is 38.4 Å². The summed E-state index contributed by atoms with van der Waals surface area (Å²) < 4.78 is 0. The summed E-state index contributed by atoms with van der Waals surface area (Å²) in [5.41, 5.74) is 15.4. The lowest BCUT2D eigenvalue weighted by Gasteiger charge is -2.24. The summed E-state index contributed by atoms with van der Waals surface area (Å²) in [6.07, 6.45) is -2.44. The van der Waals surface area contributed by atoms with Crippen LogP contribution in [0.4, 0.5) is 0 Å². The number of nitrogens with one attached hydrogen (secondary N) is 5. The van der Waals surface area contributed by atoms with Crippen LogP contribution in [-0.4, -0.2) is 78.0 Å². The molecule has 1 aliphatic heterocycles. The molecule has 4 atom stereocenters. The molecule has 0 saturated carbocycles. The number of hydrogen-bond acceptors (Lipinski definition) is 8. The molecule has 16 heteroatoms. The number of amides is 8. The molecule has 1 heterocycles. The Balaban J connectivity index is 3.30. The van der Waals surface area contributed by atoms with Crippen LogP contribution in [0, 0.1) is 0 Å². The minimum absolute atomic E-state index is 0.120. The third-order valence-corrected chi connectivity index (χ3v) is 4.69. The van der Waals surface area contributed by atoms with Crippen LogP contribution in [0.3, 0.4) is 0 Å². The maximum absolute atomic E-state index is 12.8. The fraction of sp³-hybridized carbons (Fsp3) is 0.579. The SMILES string of the molecule is C[C@H]1CC(=O)NCCC(=O)N[C@@H](CC(N)=O)C(=O)N[C@H](CC(N)=O)C(=O)N[C@H](CC(N)=O)C(=O)N1. The van der Waals surface area contributed by atoms with Crippen molar-refractivity contribution in [3.05, 3.63) is 0 Å². The van der Waals surface area contributed by atoms with E-state index in [4.69, 9.17) is 17.2 Å². The van der Waals surface area contributed by atoms with Crippen LogP contribution in [0.25, 0.3) is 0 Å². The van der Waals surface area contributed by atoms with Crippen molar-refractivity contribution in [3.63, 3.8) is 0 Å². The van der Waals surface area contributed by atoms with Gasteiger partial charge in [-0.05, 0) is 6.92 Å². The van der Waals surface area contributed by atoms with Gasteiger partial charge in [0.2, 0.25) is 47.3 Å². The molecular weight excluding hydrogens is 468 g/mol. The highest BCUT2D eigenvalue weighted by molar-refractivity contribution is 5.98. The van der Waals surface area contributed by atoms with E-state index in [9.17, 15) is 38.4 Å². The average molecular weight is 498 g/mol. The van der Waals surface area contributed by atoms with Crippen molar-refractivity contribution in [1.29, 1.82) is 0 Å². The summed E-state index contributed by atoms with van der Waals surface area (Å²) in [5, 5.41) is 11.6. The second-order valence-electron chi connectivity index (χ2n) is 7.97. The van der Waals surface area contributed by atoms with E-state index in [1.165, 1.54) is 6.92 Å². The first-order valence-electron chi connectivity index (χ1n) is 10.6. The minimum atomic E-state index is -1.63. The van der Waals surface area contributed by atoms with Crippen molar-refractivity contribution >= 4 is 47.3 Å². The minimum Gasteiger partial charge on any atom is -0.370 e. The van der Waals surface area contributed by atoms with Gasteiger partial charge in [-0.25, -0.2) is 0 Å². The van der Waals surface area contributed by atoms with Gasteiger partial charge < -0.3 is 43.8 Å². The Bertz CT molecular complexity index is 892. The molecule has 0 unspecified atom stereocenters. The third-order valence-electron chi connectivity index (χ3n) is 4.69. The molecule has 1 fully saturated rings. The van der Waals surface area contributed by atoms with Crippen LogP contribution in [0.15, 0.2) is 0 Å². The molecule has 0 aromatic rings. The largest absolute Gasteiger partial charge is 0.370 e. The number of carbonyl (C=O) groups is 8. The van der Waals surface area contributed by atoms with Gasteiger partial charge in [-0.1, -0.05) is 0 Å². The Hall–Kier alpha value is -4.24. The van der Waals surface area contributed by atoms with E-state index < -0.39 is 90.7 Å². The highest BCUT2D eigenvalue weighted by Gasteiger charge is 2.32. The van der Waals surface area contributed by atoms with E-state index in [-0.39, 0.29) is 19.4 Å². The molecule has 0 spiro atoms. The summed E-state index contributed by atoms with van der Waals surface area (Å²) in [6, 6.07) is -5.39. The zero-order valence-electron chi connectivity index (χ0n) is 19.1. The van der Waals surface area contributed by atoms with Crippen LogP contribution in [0.1, 0.15) is 39.0 Å². The van der Waals surface area contributed by atoms with Gasteiger partial charge in [0.1, 0.15) is 18.1 Å². The molecule has 1 aliphatic rings. The van der Waals surface area contributed by atoms with Crippen LogP contribution in [-0.2, 0) is 38.4 Å². The van der Waals surface area contributed by atoms with E-state index in [0.717, 1.165) is 0 Å². The molecular formula is C19H30N8O8. The Labute approximate surface area is 199 Å². The Morgan fingerprint density at radius 1 is 0.686 bits per heavy atom. The van der Waals surface area contributed by atoms with E-state index in [0.29, 0.717) is 0 Å². The Morgan fingerprint density at radius 2 is 1.09 bits per heavy atom. The van der Waals surface area contributed by atoms with Gasteiger partial charge >= 0.3 is 0 Å². The summed E-state index contributed by atoms with van der Waals surface area (Å²) in [5.74, 6) is -7.09. The average Bonchev–Trinajstić information content (AvgIpc) is 2.70. The number of primary amides is 3. The summed E-state index contributed by atoms with van der Waals surface area (Å²) in [4.78, 5) is 96.7. The molecule has 1 rings (SSSR count). The lowest BCUT2D eigenvalue weighted by Crippen LogP contribution is -2.58. The lowest BCUT2D eigenvalue weighted by molar-refractivity contribution is -0.136. The first-order valence-corrected chi connectivity index (χ1v) is 10.6. The van der Waals surface area contributed by atoms with Crippen molar-refractivity contribution in [3.8, 4) is 0 Å². The molecule has 0 aromatic heterocycles. The molecule has 0 aliphatic carbocycles. The highest BCUT2D eigenvalue weighted by Crippen LogP contribution is 2.02. The number of rotatable bonds is 6. The van der Waals surface area contributed by atoms with Gasteiger partial charge in [-0.2, -0.15) is 0 Å². The van der Waals surface area contributed by atoms with Crippen LogP contribution >= 0.6 is 0 Å². The van der Waals surface area contributed by atoms with Gasteiger partial charge in [-0.3, -0.25) is 38.4 Å². The van der Waals surface area contributed by atoms with E-state index in [1.54, 1.807) is 0 Å². The van der Waals surface area contributed by atoms with Crippen molar-refractivity contribution in [2.45, 2.75) is 63.2 Å². The molecule has 0 radical (unpaired) electrons. The Morgan fingerprint density at radius 3 is 1.51 bits per heavy atom. The number of nitrogens with two attached hydrogens (primary N) is 3. The molecule has 1 saturated heterocycles. The topological polar surface area (TPSA) is 275 Å². The van der Waals surface area contributed by atoms with E-state index >= 15 is 0 Å². The second-order valence-corrected chi connectivity index (χ2v) is 7.97. The number of carbonyl (C=O) groups excluding carboxylic acids is 8. The standard InChI is InChI=1S/C19H30N8O8/c1-8-4-16(32)23-3-2-15(31)25-9(5-12(20)28)18(34)27-11(7-14(22)30)19(35)26-10(6-13(21)29)17(33)24-8/h8-11H,2-7H2,1H3,(H2,20,28)(H2,21,29)(H2,22,30)(H,23,32)(H,24,33)(H,25,31)(H,26,35)(H,27,34)/t8-,9-,10+,11+/m0/s1. The van der Waals surface area contributed by atoms with E-state index in [1.807, 2.05) is 0 Å². The van der Waals surface area contributed by atoms with Crippen LogP contribution < -0.4 is 43.8 Å². The summed E-state index contributed by atoms with van der Waals surface area (Å²) in [7, 11) is 0. The predicted molar refractivity (Wildman–Crippen MR) is 117 cm³/mol. The van der Waals surface area contributed by atoms with E-state index in [2.05, 4.69) is 26.6 Å². The second kappa shape index (κ2) is 13.5. The lowest BCUT2D eigenvalue weighted by atomic mass is 10.1. The summed E-state index contributed by atoms with van der Waals surface area (Å²) >= 11 is 0. The first-order chi connectivity index (χ1) is 16.3. The molecule has 8 amide bonds. The van der Waals surface area contributed by atoms with Gasteiger partial charge in [0.05, 0.1) is 19.3 Å². The molecule has 11 N–H and O–H groups in total. The summed E-state index contributed by atoms with van der Waals surface area (Å²) in [6.45, 7) is 1.37. The Kier molecular flexibility index (Phi) is 11.1. The fourth-order valence-electron chi connectivity index (χ4n) is 3.10. The third kappa shape index (κ3) is 11.0. The molecule has 0 aromatic carbocycles. The monoisotopic (exact) mass is 498 g/mol. The van der Waals surface area contributed by atoms with Gasteiger partial charge in [-0.15, -0.1) is 0 Å². The maximum atomic E-state index is 12.8. The van der Waals surface area contributed by atoms with Gasteiger partial charge in [0.15, 0.2) is 0 Å². The van der Waals surface area contributed by atoms with Gasteiger partial charge in [0.25, 0.3) is 0 Å². The zero-order chi connectivity index (χ0) is 26.7. The quantitative estimate of drug-likeness (QED) is 0.174. The van der Waals surface area contributed by atoms with Crippen molar-refractivity contribution in [2.75, 3.05) is 6.54 Å². The molecule has 16 nitrogen and oxygen atoms in total. The highest BCUT2D eigenvalue weighted by atomic mass is 16.2. The van der Waals surface area contributed by atoms with Crippen molar-refractivity contribution in [1.82, 2.24) is 26.6 Å². The van der Waals surface area contributed by atoms with Crippen LogP contribution in [0.2, 0.25) is 0 Å². The van der Waals surface area contributed by atoms with Crippen LogP contribution in [0.5, 0.6) is 0 Å². The normalized spacial score (nSPS) is 25.1. The first kappa shape index (κ1) is 28.8. The zero-order valence-corrected chi connectivity index (χ0v) is 19.1. The molecule has 194 valence electrons. The van der Waals surface area contributed by atoms with Gasteiger partial charge in [0, 0.05) is 25.4 Å². The maximum Gasteiger partial charge on any atom is 0.243 e. The molecule has 35 heavy (non-hydrogen) atoms.